The highest BCUT2D eigenvalue weighted by atomic mass is 16.6. The molecule has 29 heavy (non-hydrogen) atoms. The van der Waals surface area contributed by atoms with Crippen LogP contribution in [-0.2, 0) is 22.5 Å². The molecule has 0 spiro atoms. The molecule has 1 aromatic carbocycles. The third kappa shape index (κ3) is 4.52. The van der Waals surface area contributed by atoms with Crippen molar-refractivity contribution in [3.63, 3.8) is 0 Å². The molecular weight excluding hydrogens is 370 g/mol. The van der Waals surface area contributed by atoms with E-state index in [2.05, 4.69) is 26.1 Å². The fourth-order valence-corrected chi connectivity index (χ4v) is 4.05. The van der Waals surface area contributed by atoms with E-state index < -0.39 is 0 Å². The van der Waals surface area contributed by atoms with E-state index in [-0.39, 0.29) is 24.1 Å². The first-order valence-electron chi connectivity index (χ1n) is 10.1. The minimum absolute atomic E-state index is 0.0526. The Hall–Kier alpha value is -3.03. The number of rotatable bonds is 5. The van der Waals surface area contributed by atoms with Crippen molar-refractivity contribution in [1.29, 1.82) is 0 Å². The topological polar surface area (TPSA) is 108 Å². The summed E-state index contributed by atoms with van der Waals surface area (Å²) in [7, 11) is 0. The number of aromatic nitrogens is 2. The molecule has 2 aromatic rings. The normalized spacial score (nSPS) is 20.9. The predicted molar refractivity (Wildman–Crippen MR) is 109 cm³/mol. The minimum Gasteiger partial charge on any atom is -0.446 e. The Morgan fingerprint density at radius 3 is 3.00 bits per heavy atom. The number of alkyl carbamates (subject to hydrolysis) is 1. The van der Waals surface area contributed by atoms with Crippen molar-refractivity contribution >= 4 is 23.5 Å². The molecule has 0 saturated heterocycles. The number of anilines is 2. The molecule has 8 nitrogen and oxygen atoms in total. The van der Waals surface area contributed by atoms with Crippen molar-refractivity contribution in [2.75, 3.05) is 5.32 Å². The van der Waals surface area contributed by atoms with Crippen LogP contribution in [0.2, 0.25) is 0 Å². The molecule has 1 aromatic heterocycles. The number of H-pyrrole nitrogens is 1. The summed E-state index contributed by atoms with van der Waals surface area (Å²) in [5.41, 5.74) is 4.15. The van der Waals surface area contributed by atoms with Gasteiger partial charge >= 0.3 is 6.09 Å². The maximum Gasteiger partial charge on any atom is 0.407 e. The van der Waals surface area contributed by atoms with Gasteiger partial charge in [0, 0.05) is 36.0 Å². The van der Waals surface area contributed by atoms with E-state index in [1.807, 2.05) is 38.1 Å². The third-order valence-electron chi connectivity index (χ3n) is 5.45. The van der Waals surface area contributed by atoms with Crippen molar-refractivity contribution in [2.45, 2.75) is 64.1 Å². The number of ether oxygens (including phenoxy) is 1. The summed E-state index contributed by atoms with van der Waals surface area (Å²) in [6, 6.07) is 8.02. The van der Waals surface area contributed by atoms with Gasteiger partial charge in [0.2, 0.25) is 5.91 Å². The van der Waals surface area contributed by atoms with Crippen molar-refractivity contribution in [3.05, 3.63) is 41.1 Å². The molecule has 1 aliphatic heterocycles. The van der Waals surface area contributed by atoms with Crippen LogP contribution in [0.1, 0.15) is 55.8 Å². The van der Waals surface area contributed by atoms with Crippen LogP contribution in [0.25, 0.3) is 0 Å². The fourth-order valence-electron chi connectivity index (χ4n) is 4.05. The zero-order valence-corrected chi connectivity index (χ0v) is 16.7. The van der Waals surface area contributed by atoms with Crippen molar-refractivity contribution in [3.8, 4) is 0 Å². The van der Waals surface area contributed by atoms with Gasteiger partial charge in [0.05, 0.1) is 6.42 Å². The molecule has 0 radical (unpaired) electrons. The van der Waals surface area contributed by atoms with Crippen LogP contribution < -0.4 is 16.0 Å². The molecule has 2 heterocycles. The molecule has 154 valence electrons. The molecule has 2 atom stereocenters. The van der Waals surface area contributed by atoms with Gasteiger partial charge < -0.3 is 20.7 Å². The lowest BCUT2D eigenvalue weighted by Crippen LogP contribution is -2.33. The summed E-state index contributed by atoms with van der Waals surface area (Å²) in [5, 5.41) is 16.5. The maximum atomic E-state index is 11.8. The summed E-state index contributed by atoms with van der Waals surface area (Å²) < 4.78 is 5.51. The highest BCUT2D eigenvalue weighted by Crippen LogP contribution is 2.36. The standard InChI is InChI=1S/C21H27N5O3/c1-12(2)23-21(28)29-15-7-6-14(8-15)18-10-19(26-25-18)24-17-5-3-4-13-9-20(27)22-11-16(13)17/h3-5,10,12,14-15H,6-9,11H2,1-2H3,(H,22,27)(H,23,28)(H2,24,25,26)/t14-,15+/m0/s1. The predicted octanol–water partition coefficient (Wildman–Crippen LogP) is 3.10. The van der Waals surface area contributed by atoms with E-state index in [1.54, 1.807) is 0 Å². The SMILES string of the molecule is CC(C)NC(=O)O[C@@H]1CC[C@H](c2cc(Nc3cccc4c3CNC(=O)C4)n[nH]2)C1. The van der Waals surface area contributed by atoms with E-state index in [4.69, 9.17) is 4.74 Å². The van der Waals surface area contributed by atoms with Crippen LogP contribution >= 0.6 is 0 Å². The number of benzene rings is 1. The van der Waals surface area contributed by atoms with Crippen molar-refractivity contribution in [2.24, 2.45) is 0 Å². The van der Waals surface area contributed by atoms with Gasteiger partial charge in [0.15, 0.2) is 5.82 Å². The van der Waals surface area contributed by atoms with Crippen molar-refractivity contribution < 1.29 is 14.3 Å². The van der Waals surface area contributed by atoms with Crippen LogP contribution in [0.3, 0.4) is 0 Å². The fraction of sp³-hybridized carbons (Fsp3) is 0.476. The molecule has 1 fully saturated rings. The van der Waals surface area contributed by atoms with Gasteiger partial charge in [-0.05, 0) is 50.3 Å². The van der Waals surface area contributed by atoms with E-state index in [0.717, 1.165) is 47.6 Å². The van der Waals surface area contributed by atoms with Gasteiger partial charge in [-0.2, -0.15) is 5.10 Å². The zero-order chi connectivity index (χ0) is 20.4. The van der Waals surface area contributed by atoms with Crippen LogP contribution in [0.4, 0.5) is 16.3 Å². The molecule has 4 rings (SSSR count). The Bertz CT molecular complexity index is 907. The first-order chi connectivity index (χ1) is 14.0. The molecule has 0 unspecified atom stereocenters. The molecule has 1 saturated carbocycles. The van der Waals surface area contributed by atoms with Gasteiger partial charge in [-0.15, -0.1) is 0 Å². The van der Waals surface area contributed by atoms with Crippen molar-refractivity contribution in [1.82, 2.24) is 20.8 Å². The quantitative estimate of drug-likeness (QED) is 0.620. The second kappa shape index (κ2) is 8.14. The number of carbonyl (C=O) groups is 2. The minimum atomic E-state index is -0.349. The van der Waals surface area contributed by atoms with Crippen LogP contribution in [0.15, 0.2) is 24.3 Å². The highest BCUT2D eigenvalue weighted by Gasteiger charge is 2.30. The summed E-state index contributed by atoms with van der Waals surface area (Å²) in [6.45, 7) is 4.35. The number of aromatic amines is 1. The van der Waals surface area contributed by atoms with Gasteiger partial charge in [0.25, 0.3) is 0 Å². The number of carbonyl (C=O) groups excluding carboxylic acids is 2. The van der Waals surface area contributed by atoms with Gasteiger partial charge in [0.1, 0.15) is 6.10 Å². The van der Waals surface area contributed by atoms with E-state index >= 15 is 0 Å². The number of nitrogens with one attached hydrogen (secondary N) is 4. The van der Waals surface area contributed by atoms with Gasteiger partial charge in [-0.3, -0.25) is 9.89 Å². The van der Waals surface area contributed by atoms with E-state index in [1.165, 1.54) is 0 Å². The monoisotopic (exact) mass is 397 g/mol. The van der Waals surface area contributed by atoms with Crippen LogP contribution in [0, 0.1) is 0 Å². The number of hydrogen-bond donors (Lipinski definition) is 4. The van der Waals surface area contributed by atoms with E-state index in [0.29, 0.717) is 18.9 Å². The number of amides is 2. The molecular formula is C21H27N5O3. The first-order valence-corrected chi connectivity index (χ1v) is 10.1. The maximum absolute atomic E-state index is 11.8. The number of fused-ring (bicyclic) bond motifs is 1. The first kappa shape index (κ1) is 19.3. The Labute approximate surface area is 169 Å². The van der Waals surface area contributed by atoms with Gasteiger partial charge in [-0.1, -0.05) is 12.1 Å². The number of hydrogen-bond acceptors (Lipinski definition) is 5. The third-order valence-corrected chi connectivity index (χ3v) is 5.45. The Morgan fingerprint density at radius 2 is 2.17 bits per heavy atom. The van der Waals surface area contributed by atoms with Gasteiger partial charge in [-0.25, -0.2) is 4.79 Å². The Balaban J connectivity index is 1.38. The van der Waals surface area contributed by atoms with Crippen LogP contribution in [-0.4, -0.2) is 34.3 Å². The molecule has 0 bridgehead atoms. The molecule has 4 N–H and O–H groups in total. The summed E-state index contributed by atoms with van der Waals surface area (Å²) in [5.74, 6) is 1.09. The molecule has 8 heteroatoms. The lowest BCUT2D eigenvalue weighted by molar-refractivity contribution is -0.121. The highest BCUT2D eigenvalue weighted by molar-refractivity contribution is 5.82. The lowest BCUT2D eigenvalue weighted by atomic mass is 9.99. The summed E-state index contributed by atoms with van der Waals surface area (Å²) in [4.78, 5) is 23.4. The summed E-state index contributed by atoms with van der Waals surface area (Å²) >= 11 is 0. The zero-order valence-electron chi connectivity index (χ0n) is 16.7. The second-order valence-corrected chi connectivity index (χ2v) is 8.07. The Kier molecular flexibility index (Phi) is 5.42. The van der Waals surface area contributed by atoms with Crippen LogP contribution in [0.5, 0.6) is 0 Å². The average molecular weight is 397 g/mol. The largest absolute Gasteiger partial charge is 0.446 e. The molecule has 2 aliphatic rings. The van der Waals surface area contributed by atoms with E-state index in [9.17, 15) is 9.59 Å². The smallest absolute Gasteiger partial charge is 0.407 e. The second-order valence-electron chi connectivity index (χ2n) is 8.07. The summed E-state index contributed by atoms with van der Waals surface area (Å²) in [6.07, 6.45) is 2.59. The number of nitrogens with zero attached hydrogens (tertiary/aromatic N) is 1. The average Bonchev–Trinajstić information content (AvgIpc) is 3.30. The lowest BCUT2D eigenvalue weighted by Gasteiger charge is -2.20. The molecule has 1 aliphatic carbocycles. The Morgan fingerprint density at radius 1 is 1.31 bits per heavy atom. The molecule has 2 amide bonds.